The van der Waals surface area contributed by atoms with Crippen molar-refractivity contribution in [3.8, 4) is 10.6 Å². The van der Waals surface area contributed by atoms with Crippen molar-refractivity contribution in [3.05, 3.63) is 70.5 Å². The van der Waals surface area contributed by atoms with Crippen LogP contribution in [0.4, 0.5) is 0 Å². The van der Waals surface area contributed by atoms with Crippen molar-refractivity contribution in [2.75, 3.05) is 26.3 Å². The van der Waals surface area contributed by atoms with Gasteiger partial charge in [0.1, 0.15) is 10.8 Å². The number of carbonyl (C=O) groups excluding carboxylic acids is 1. The van der Waals surface area contributed by atoms with Crippen LogP contribution < -0.4 is 0 Å². The number of fused-ring (bicyclic) bond motifs is 1. The minimum atomic E-state index is -0.0802. The van der Waals surface area contributed by atoms with E-state index >= 15 is 0 Å². The van der Waals surface area contributed by atoms with E-state index in [9.17, 15) is 4.79 Å². The Hall–Kier alpha value is -3.00. The number of rotatable bonds is 4. The molecule has 5 rings (SSSR count). The fraction of sp³-hybridized carbons (Fsp3) is 0.174. The summed E-state index contributed by atoms with van der Waals surface area (Å²) in [5.74, 6) is 0.460. The summed E-state index contributed by atoms with van der Waals surface area (Å²) in [7, 11) is 0. The molecule has 156 valence electrons. The average Bonchev–Trinajstić information content (AvgIpc) is 3.45. The highest BCUT2D eigenvalue weighted by Gasteiger charge is 2.24. The third kappa shape index (κ3) is 4.25. The molecule has 1 saturated heterocycles. The number of aromatic nitrogens is 3. The number of imidazole rings is 1. The van der Waals surface area contributed by atoms with Gasteiger partial charge in [0.25, 0.3) is 5.91 Å². The van der Waals surface area contributed by atoms with Gasteiger partial charge < -0.3 is 14.6 Å². The zero-order valence-electron chi connectivity index (χ0n) is 16.5. The van der Waals surface area contributed by atoms with Gasteiger partial charge in [0.15, 0.2) is 0 Å². The minimum Gasteiger partial charge on any atom is -0.378 e. The number of thiazole rings is 1. The number of halogens is 1. The van der Waals surface area contributed by atoms with Crippen LogP contribution >= 0.6 is 22.9 Å². The standard InChI is InChI=1S/C23H19ClN4O2S/c24-16-7-5-15(6-8-16)22-25-17(14-31-22)13-18(23(29)28-9-11-30-12-10-28)21-26-19-3-1-2-4-20(19)27-21/h1-8,13-14H,9-12H2,(H,26,27). The lowest BCUT2D eigenvalue weighted by Gasteiger charge is -2.27. The quantitative estimate of drug-likeness (QED) is 0.456. The molecule has 0 unspecified atom stereocenters. The summed E-state index contributed by atoms with van der Waals surface area (Å²) in [5.41, 5.74) is 3.90. The number of morpholine rings is 1. The predicted octanol–water partition coefficient (Wildman–Crippen LogP) is 4.74. The van der Waals surface area contributed by atoms with E-state index in [-0.39, 0.29) is 5.91 Å². The van der Waals surface area contributed by atoms with E-state index in [1.165, 1.54) is 11.3 Å². The van der Waals surface area contributed by atoms with Gasteiger partial charge in [-0.1, -0.05) is 35.9 Å². The number of aromatic amines is 1. The zero-order valence-corrected chi connectivity index (χ0v) is 18.1. The Morgan fingerprint density at radius 1 is 1.10 bits per heavy atom. The molecule has 3 heterocycles. The van der Waals surface area contributed by atoms with E-state index < -0.39 is 0 Å². The van der Waals surface area contributed by atoms with E-state index in [2.05, 4.69) is 9.97 Å². The van der Waals surface area contributed by atoms with Gasteiger partial charge in [0.2, 0.25) is 0 Å². The van der Waals surface area contributed by atoms with E-state index in [1.54, 1.807) is 4.90 Å². The summed E-state index contributed by atoms with van der Waals surface area (Å²) in [6.07, 6.45) is 1.81. The molecular formula is C23H19ClN4O2S. The second-order valence-corrected chi connectivity index (χ2v) is 8.44. The van der Waals surface area contributed by atoms with Crippen molar-refractivity contribution in [2.45, 2.75) is 0 Å². The summed E-state index contributed by atoms with van der Waals surface area (Å²) in [6, 6.07) is 15.3. The summed E-state index contributed by atoms with van der Waals surface area (Å²) < 4.78 is 5.41. The molecule has 4 aromatic rings. The first-order chi connectivity index (χ1) is 15.2. The Bertz CT molecular complexity index is 1220. The van der Waals surface area contributed by atoms with Crippen molar-refractivity contribution in [1.82, 2.24) is 19.9 Å². The highest BCUT2D eigenvalue weighted by Crippen LogP contribution is 2.28. The molecular weight excluding hydrogens is 432 g/mol. The Kier molecular flexibility index (Phi) is 5.55. The summed E-state index contributed by atoms with van der Waals surface area (Å²) in [4.78, 5) is 27.9. The molecule has 0 aliphatic carbocycles. The zero-order chi connectivity index (χ0) is 21.2. The van der Waals surface area contributed by atoms with E-state index in [0.29, 0.717) is 48.4 Å². The number of ether oxygens (including phenoxy) is 1. The Balaban J connectivity index is 1.54. The summed E-state index contributed by atoms with van der Waals surface area (Å²) in [6.45, 7) is 2.19. The summed E-state index contributed by atoms with van der Waals surface area (Å²) in [5, 5.41) is 3.49. The molecule has 0 bridgehead atoms. The number of hydrogen-bond acceptors (Lipinski definition) is 5. The number of para-hydroxylation sites is 2. The second kappa shape index (κ2) is 8.63. The van der Waals surface area contributed by atoms with Crippen molar-refractivity contribution >= 4 is 51.5 Å². The fourth-order valence-electron chi connectivity index (χ4n) is 3.47. The predicted molar refractivity (Wildman–Crippen MR) is 124 cm³/mol. The largest absolute Gasteiger partial charge is 0.378 e. The van der Waals surface area contributed by atoms with Crippen molar-refractivity contribution in [3.63, 3.8) is 0 Å². The van der Waals surface area contributed by atoms with Crippen LogP contribution in [0.2, 0.25) is 5.02 Å². The van der Waals surface area contributed by atoms with Gasteiger partial charge in [-0.25, -0.2) is 9.97 Å². The molecule has 1 fully saturated rings. The second-order valence-electron chi connectivity index (χ2n) is 7.15. The number of carbonyl (C=O) groups is 1. The first kappa shape index (κ1) is 19.9. The molecule has 1 aliphatic heterocycles. The lowest BCUT2D eigenvalue weighted by Crippen LogP contribution is -2.41. The molecule has 0 saturated carbocycles. The number of nitrogens with one attached hydrogen (secondary N) is 1. The summed E-state index contributed by atoms with van der Waals surface area (Å²) >= 11 is 7.52. The molecule has 1 N–H and O–H groups in total. The van der Waals surface area contributed by atoms with Gasteiger partial charge in [0.05, 0.1) is 35.5 Å². The van der Waals surface area contributed by atoms with Crippen molar-refractivity contribution in [1.29, 1.82) is 0 Å². The lowest BCUT2D eigenvalue weighted by molar-refractivity contribution is -0.128. The molecule has 1 amide bonds. The van der Waals surface area contributed by atoms with Crippen LogP contribution in [0.3, 0.4) is 0 Å². The molecule has 2 aromatic heterocycles. The molecule has 0 atom stereocenters. The number of benzene rings is 2. The maximum absolute atomic E-state index is 13.4. The van der Waals surface area contributed by atoms with Gasteiger partial charge in [-0.05, 0) is 30.3 Å². The van der Waals surface area contributed by atoms with Crippen LogP contribution in [-0.4, -0.2) is 52.1 Å². The van der Waals surface area contributed by atoms with E-state index in [4.69, 9.17) is 21.3 Å². The number of amides is 1. The maximum Gasteiger partial charge on any atom is 0.257 e. The topological polar surface area (TPSA) is 71.1 Å². The average molecular weight is 451 g/mol. The molecule has 31 heavy (non-hydrogen) atoms. The van der Waals surface area contributed by atoms with E-state index in [0.717, 1.165) is 21.6 Å². The monoisotopic (exact) mass is 450 g/mol. The highest BCUT2D eigenvalue weighted by molar-refractivity contribution is 7.13. The van der Waals surface area contributed by atoms with Gasteiger partial charge in [-0.3, -0.25) is 4.79 Å². The Labute approximate surface area is 188 Å². The first-order valence-corrected chi connectivity index (χ1v) is 11.2. The smallest absolute Gasteiger partial charge is 0.257 e. The first-order valence-electron chi connectivity index (χ1n) is 9.93. The molecule has 0 spiro atoms. The van der Waals surface area contributed by atoms with E-state index in [1.807, 2.05) is 60.0 Å². The van der Waals surface area contributed by atoms with Gasteiger partial charge in [0, 0.05) is 29.1 Å². The third-order valence-corrected chi connectivity index (χ3v) is 6.24. The lowest BCUT2D eigenvalue weighted by atomic mass is 10.1. The minimum absolute atomic E-state index is 0.0802. The molecule has 8 heteroatoms. The fourth-order valence-corrected chi connectivity index (χ4v) is 4.38. The number of hydrogen-bond donors (Lipinski definition) is 1. The van der Waals surface area contributed by atoms with Crippen molar-refractivity contribution < 1.29 is 9.53 Å². The maximum atomic E-state index is 13.4. The van der Waals surface area contributed by atoms with Crippen LogP contribution in [0.1, 0.15) is 11.5 Å². The van der Waals surface area contributed by atoms with Crippen LogP contribution in [0, 0.1) is 0 Å². The third-order valence-electron chi connectivity index (χ3n) is 5.08. The molecule has 6 nitrogen and oxygen atoms in total. The van der Waals surface area contributed by atoms with Crippen molar-refractivity contribution in [2.24, 2.45) is 0 Å². The normalized spacial score (nSPS) is 14.9. The Morgan fingerprint density at radius 2 is 1.87 bits per heavy atom. The van der Waals surface area contributed by atoms with Gasteiger partial charge in [-0.2, -0.15) is 0 Å². The SMILES string of the molecule is O=C(C(=Cc1csc(-c2ccc(Cl)cc2)n1)c1nc2ccccc2[nH]1)N1CCOCC1. The van der Waals surface area contributed by atoms with Crippen LogP contribution in [0.15, 0.2) is 53.9 Å². The Morgan fingerprint density at radius 3 is 2.65 bits per heavy atom. The van der Waals surface area contributed by atoms with Gasteiger partial charge in [-0.15, -0.1) is 11.3 Å². The molecule has 0 radical (unpaired) electrons. The number of H-pyrrole nitrogens is 1. The van der Waals surface area contributed by atoms with Crippen LogP contribution in [-0.2, 0) is 9.53 Å². The molecule has 2 aromatic carbocycles. The van der Waals surface area contributed by atoms with Crippen LogP contribution in [0.5, 0.6) is 0 Å². The van der Waals surface area contributed by atoms with Crippen LogP contribution in [0.25, 0.3) is 33.3 Å². The highest BCUT2D eigenvalue weighted by atomic mass is 35.5. The van der Waals surface area contributed by atoms with Gasteiger partial charge >= 0.3 is 0 Å². The molecule has 1 aliphatic rings. The number of nitrogens with zero attached hydrogens (tertiary/aromatic N) is 3.